The third kappa shape index (κ3) is 5.06. The molecule has 0 unspecified atom stereocenters. The zero-order valence-corrected chi connectivity index (χ0v) is 16.0. The first-order valence-electron chi connectivity index (χ1n) is 8.79. The molecule has 3 aromatic rings. The Balaban J connectivity index is 1.71. The normalized spacial score (nSPS) is 10.9. The highest BCUT2D eigenvalue weighted by Gasteiger charge is 2.15. The highest BCUT2D eigenvalue weighted by atomic mass is 16.5. The van der Waals surface area contributed by atoms with Crippen LogP contribution in [0.15, 0.2) is 59.4 Å². The Morgan fingerprint density at radius 3 is 2.68 bits per heavy atom. The van der Waals surface area contributed by atoms with E-state index in [0.29, 0.717) is 22.6 Å². The van der Waals surface area contributed by atoms with Gasteiger partial charge in [0.05, 0.1) is 6.54 Å². The standard InChI is InChI=1S/C22H21N3O3/c1-22(2,27)10-7-16-5-4-6-18(13-16)21(26)25(3)15-19-14-20(24-28-19)17-8-11-23-12-9-17/h4-6,8-9,11-14,27H,15H2,1-3H3. The predicted molar refractivity (Wildman–Crippen MR) is 105 cm³/mol. The van der Waals surface area contributed by atoms with Crippen LogP contribution in [0.4, 0.5) is 0 Å². The summed E-state index contributed by atoms with van der Waals surface area (Å²) in [6.45, 7) is 3.51. The Kier molecular flexibility index (Phi) is 5.57. The van der Waals surface area contributed by atoms with Gasteiger partial charge in [-0.3, -0.25) is 9.78 Å². The molecule has 3 rings (SSSR count). The molecule has 0 radical (unpaired) electrons. The highest BCUT2D eigenvalue weighted by molar-refractivity contribution is 5.94. The summed E-state index contributed by atoms with van der Waals surface area (Å²) in [5.74, 6) is 6.06. The van der Waals surface area contributed by atoms with E-state index in [9.17, 15) is 9.90 Å². The van der Waals surface area contributed by atoms with Crippen molar-refractivity contribution in [1.29, 1.82) is 0 Å². The number of pyridine rings is 1. The van der Waals surface area contributed by atoms with Gasteiger partial charge in [0.25, 0.3) is 5.91 Å². The van der Waals surface area contributed by atoms with Crippen LogP contribution in [0, 0.1) is 11.8 Å². The van der Waals surface area contributed by atoms with Gasteiger partial charge >= 0.3 is 0 Å². The van der Waals surface area contributed by atoms with Crippen molar-refractivity contribution in [3.8, 4) is 23.1 Å². The van der Waals surface area contributed by atoms with Crippen LogP contribution in [-0.4, -0.2) is 38.7 Å². The van der Waals surface area contributed by atoms with Crippen molar-refractivity contribution < 1.29 is 14.4 Å². The molecule has 1 aromatic carbocycles. The van der Waals surface area contributed by atoms with Gasteiger partial charge in [0, 0.05) is 42.2 Å². The average Bonchev–Trinajstić information content (AvgIpc) is 3.14. The van der Waals surface area contributed by atoms with E-state index >= 15 is 0 Å². The molecule has 0 bridgehead atoms. The lowest BCUT2D eigenvalue weighted by Gasteiger charge is -2.15. The van der Waals surface area contributed by atoms with E-state index in [-0.39, 0.29) is 12.5 Å². The molecule has 0 fully saturated rings. The first-order chi connectivity index (χ1) is 13.3. The molecule has 2 heterocycles. The summed E-state index contributed by atoms with van der Waals surface area (Å²) in [6.07, 6.45) is 3.38. The van der Waals surface area contributed by atoms with Crippen molar-refractivity contribution >= 4 is 5.91 Å². The zero-order chi connectivity index (χ0) is 20.1. The maximum absolute atomic E-state index is 12.7. The molecule has 0 aliphatic heterocycles. The second kappa shape index (κ2) is 8.07. The molecule has 0 saturated heterocycles. The number of carbonyl (C=O) groups excluding carboxylic acids is 1. The minimum atomic E-state index is -1.09. The van der Waals surface area contributed by atoms with Gasteiger partial charge in [-0.2, -0.15) is 0 Å². The Labute approximate surface area is 163 Å². The lowest BCUT2D eigenvalue weighted by atomic mass is 10.1. The van der Waals surface area contributed by atoms with E-state index in [4.69, 9.17) is 4.52 Å². The number of hydrogen-bond acceptors (Lipinski definition) is 5. The molecule has 0 saturated carbocycles. The van der Waals surface area contributed by atoms with E-state index in [1.165, 1.54) is 0 Å². The fourth-order valence-electron chi connectivity index (χ4n) is 2.53. The van der Waals surface area contributed by atoms with E-state index in [2.05, 4.69) is 22.0 Å². The van der Waals surface area contributed by atoms with E-state index in [1.807, 2.05) is 18.2 Å². The summed E-state index contributed by atoms with van der Waals surface area (Å²) in [5, 5.41) is 13.8. The smallest absolute Gasteiger partial charge is 0.254 e. The number of nitrogens with zero attached hydrogens (tertiary/aromatic N) is 3. The topological polar surface area (TPSA) is 79.5 Å². The minimum absolute atomic E-state index is 0.159. The van der Waals surface area contributed by atoms with Gasteiger partial charge in [-0.05, 0) is 44.2 Å². The molecule has 6 heteroatoms. The van der Waals surface area contributed by atoms with Crippen LogP contribution < -0.4 is 0 Å². The zero-order valence-electron chi connectivity index (χ0n) is 16.0. The lowest BCUT2D eigenvalue weighted by Crippen LogP contribution is -2.26. The number of aliphatic hydroxyl groups is 1. The largest absolute Gasteiger partial charge is 0.378 e. The van der Waals surface area contributed by atoms with Crippen molar-refractivity contribution in [2.45, 2.75) is 26.0 Å². The fraction of sp³-hybridized carbons (Fsp3) is 0.227. The van der Waals surface area contributed by atoms with Crippen LogP contribution in [-0.2, 0) is 6.54 Å². The summed E-state index contributed by atoms with van der Waals surface area (Å²) in [5.41, 5.74) is 1.69. The number of carbonyl (C=O) groups is 1. The third-order valence-corrected chi connectivity index (χ3v) is 3.90. The molecule has 0 aliphatic carbocycles. The maximum atomic E-state index is 12.7. The molecule has 1 amide bonds. The van der Waals surface area contributed by atoms with Crippen LogP contribution in [0.25, 0.3) is 11.3 Å². The number of benzene rings is 1. The SMILES string of the molecule is CN(Cc1cc(-c2ccncc2)no1)C(=O)c1cccc(C#CC(C)(C)O)c1. The van der Waals surface area contributed by atoms with Gasteiger partial charge in [0.2, 0.25) is 0 Å². The number of hydrogen-bond donors (Lipinski definition) is 1. The molecular weight excluding hydrogens is 354 g/mol. The van der Waals surface area contributed by atoms with Gasteiger partial charge in [0.15, 0.2) is 5.76 Å². The number of aromatic nitrogens is 2. The Morgan fingerprint density at radius 2 is 1.96 bits per heavy atom. The second-order valence-electron chi connectivity index (χ2n) is 6.97. The summed E-state index contributed by atoms with van der Waals surface area (Å²) >= 11 is 0. The van der Waals surface area contributed by atoms with Gasteiger partial charge < -0.3 is 14.5 Å². The molecule has 1 N–H and O–H groups in total. The quantitative estimate of drug-likeness (QED) is 0.709. The Bertz CT molecular complexity index is 1020. The molecule has 0 atom stereocenters. The molecule has 6 nitrogen and oxygen atoms in total. The molecule has 0 aliphatic rings. The highest BCUT2D eigenvalue weighted by Crippen LogP contribution is 2.19. The molecule has 2 aromatic heterocycles. The summed E-state index contributed by atoms with van der Waals surface area (Å²) in [7, 11) is 1.70. The number of rotatable bonds is 4. The first kappa shape index (κ1) is 19.3. The Morgan fingerprint density at radius 1 is 1.21 bits per heavy atom. The fourth-order valence-corrected chi connectivity index (χ4v) is 2.53. The number of amides is 1. The van der Waals surface area contributed by atoms with Crippen LogP contribution in [0.3, 0.4) is 0 Å². The first-order valence-corrected chi connectivity index (χ1v) is 8.79. The van der Waals surface area contributed by atoms with Crippen molar-refractivity contribution in [3.05, 3.63) is 71.7 Å². The van der Waals surface area contributed by atoms with E-state index in [1.54, 1.807) is 62.5 Å². The molecule has 142 valence electrons. The van der Waals surface area contributed by atoms with Crippen molar-refractivity contribution in [1.82, 2.24) is 15.0 Å². The Hall–Kier alpha value is -3.43. The van der Waals surface area contributed by atoms with Crippen molar-refractivity contribution in [3.63, 3.8) is 0 Å². The summed E-state index contributed by atoms with van der Waals surface area (Å²) in [6, 6.07) is 12.5. The van der Waals surface area contributed by atoms with Gasteiger partial charge in [-0.25, -0.2) is 0 Å². The second-order valence-corrected chi connectivity index (χ2v) is 6.97. The van der Waals surface area contributed by atoms with Crippen LogP contribution in [0.2, 0.25) is 0 Å². The minimum Gasteiger partial charge on any atom is -0.378 e. The van der Waals surface area contributed by atoms with Crippen LogP contribution >= 0.6 is 0 Å². The maximum Gasteiger partial charge on any atom is 0.254 e. The summed E-state index contributed by atoms with van der Waals surface area (Å²) < 4.78 is 5.36. The monoisotopic (exact) mass is 375 g/mol. The lowest BCUT2D eigenvalue weighted by molar-refractivity contribution is 0.0772. The average molecular weight is 375 g/mol. The van der Waals surface area contributed by atoms with E-state index < -0.39 is 5.60 Å². The van der Waals surface area contributed by atoms with E-state index in [0.717, 1.165) is 5.56 Å². The molecule has 28 heavy (non-hydrogen) atoms. The van der Waals surface area contributed by atoms with Gasteiger partial charge in [-0.15, -0.1) is 0 Å². The van der Waals surface area contributed by atoms with Gasteiger partial charge in [-0.1, -0.05) is 23.1 Å². The van der Waals surface area contributed by atoms with Crippen molar-refractivity contribution in [2.75, 3.05) is 7.05 Å². The molecular formula is C22H21N3O3. The van der Waals surface area contributed by atoms with Crippen LogP contribution in [0.1, 0.15) is 35.5 Å². The predicted octanol–water partition coefficient (Wildman–Crippen LogP) is 3.13. The third-order valence-electron chi connectivity index (χ3n) is 3.90. The molecule has 0 spiro atoms. The van der Waals surface area contributed by atoms with Gasteiger partial charge in [0.1, 0.15) is 11.3 Å². The van der Waals surface area contributed by atoms with Crippen molar-refractivity contribution in [2.24, 2.45) is 0 Å². The van der Waals surface area contributed by atoms with Crippen LogP contribution in [0.5, 0.6) is 0 Å². The summed E-state index contributed by atoms with van der Waals surface area (Å²) in [4.78, 5) is 18.3.